The smallest absolute Gasteiger partial charge is 0.328 e. The van der Waals surface area contributed by atoms with Gasteiger partial charge in [0.2, 0.25) is 0 Å². The zero-order valence-corrected chi connectivity index (χ0v) is 8.87. The standard InChI is InChI=1S/C10H19NO2/c1-5-10(2,3)11(4)8-6-7-9(12)13/h6-7H,5,8H2,1-4H3,(H,12,13)/b7-6+. The number of hydrogen-bond donors (Lipinski definition) is 1. The Morgan fingerprint density at radius 2 is 2.08 bits per heavy atom. The van der Waals surface area contributed by atoms with Crippen molar-refractivity contribution in [2.45, 2.75) is 32.7 Å². The molecule has 0 bridgehead atoms. The van der Waals surface area contributed by atoms with E-state index in [0.29, 0.717) is 6.54 Å². The zero-order valence-electron chi connectivity index (χ0n) is 8.87. The molecule has 3 heteroatoms. The molecule has 0 saturated heterocycles. The van der Waals surface area contributed by atoms with Crippen LogP contribution < -0.4 is 0 Å². The first kappa shape index (κ1) is 12.2. The van der Waals surface area contributed by atoms with E-state index in [1.165, 1.54) is 6.08 Å². The lowest BCUT2D eigenvalue weighted by molar-refractivity contribution is -0.131. The highest BCUT2D eigenvalue weighted by molar-refractivity contribution is 5.79. The number of carboxylic acid groups (broad SMARTS) is 1. The van der Waals surface area contributed by atoms with Crippen molar-refractivity contribution in [2.75, 3.05) is 13.6 Å². The molecule has 0 atom stereocenters. The molecule has 0 heterocycles. The van der Waals surface area contributed by atoms with Crippen LogP contribution in [0.2, 0.25) is 0 Å². The van der Waals surface area contributed by atoms with E-state index in [2.05, 4.69) is 25.7 Å². The van der Waals surface area contributed by atoms with Gasteiger partial charge < -0.3 is 5.11 Å². The number of carboxylic acids is 1. The first-order valence-corrected chi connectivity index (χ1v) is 4.51. The maximum Gasteiger partial charge on any atom is 0.328 e. The molecule has 0 rings (SSSR count). The quantitative estimate of drug-likeness (QED) is 0.663. The third kappa shape index (κ3) is 4.68. The highest BCUT2D eigenvalue weighted by Crippen LogP contribution is 2.15. The van der Waals surface area contributed by atoms with Gasteiger partial charge in [0.25, 0.3) is 0 Å². The van der Waals surface area contributed by atoms with Crippen LogP contribution in [0, 0.1) is 0 Å². The van der Waals surface area contributed by atoms with Crippen LogP contribution in [0.5, 0.6) is 0 Å². The second kappa shape index (κ2) is 5.02. The highest BCUT2D eigenvalue weighted by atomic mass is 16.4. The van der Waals surface area contributed by atoms with Gasteiger partial charge in [-0.1, -0.05) is 13.0 Å². The zero-order chi connectivity index (χ0) is 10.5. The van der Waals surface area contributed by atoms with Crippen LogP contribution >= 0.6 is 0 Å². The topological polar surface area (TPSA) is 40.5 Å². The van der Waals surface area contributed by atoms with E-state index in [4.69, 9.17) is 5.11 Å². The minimum atomic E-state index is -0.886. The van der Waals surface area contributed by atoms with Crippen molar-refractivity contribution in [2.24, 2.45) is 0 Å². The minimum Gasteiger partial charge on any atom is -0.478 e. The van der Waals surface area contributed by atoms with E-state index >= 15 is 0 Å². The molecule has 0 aromatic carbocycles. The summed E-state index contributed by atoms with van der Waals surface area (Å²) in [4.78, 5) is 12.3. The Labute approximate surface area is 80.0 Å². The van der Waals surface area contributed by atoms with Crippen LogP contribution in [-0.2, 0) is 4.79 Å². The summed E-state index contributed by atoms with van der Waals surface area (Å²) >= 11 is 0. The van der Waals surface area contributed by atoms with Crippen LogP contribution in [-0.4, -0.2) is 35.1 Å². The molecule has 3 nitrogen and oxygen atoms in total. The number of nitrogens with zero attached hydrogens (tertiary/aromatic N) is 1. The molecule has 0 fully saturated rings. The lowest BCUT2D eigenvalue weighted by Crippen LogP contribution is -2.40. The maximum absolute atomic E-state index is 10.2. The Morgan fingerprint density at radius 3 is 2.46 bits per heavy atom. The van der Waals surface area contributed by atoms with Gasteiger partial charge in [0.15, 0.2) is 0 Å². The number of rotatable bonds is 5. The number of carbonyl (C=O) groups is 1. The van der Waals surface area contributed by atoms with Crippen LogP contribution in [0.4, 0.5) is 0 Å². The predicted octanol–water partition coefficient (Wildman–Crippen LogP) is 1.75. The third-order valence-corrected chi connectivity index (χ3v) is 2.54. The molecule has 13 heavy (non-hydrogen) atoms. The Bertz CT molecular complexity index is 197. The average Bonchev–Trinajstić information content (AvgIpc) is 2.03. The van der Waals surface area contributed by atoms with E-state index in [1.54, 1.807) is 6.08 Å². The van der Waals surface area contributed by atoms with Gasteiger partial charge in [0, 0.05) is 18.2 Å². The number of likely N-dealkylation sites (N-methyl/N-ethyl adjacent to an activating group) is 1. The Hall–Kier alpha value is -0.830. The first-order chi connectivity index (χ1) is 5.90. The van der Waals surface area contributed by atoms with Gasteiger partial charge >= 0.3 is 5.97 Å². The van der Waals surface area contributed by atoms with Gasteiger partial charge in [-0.05, 0) is 27.3 Å². The molecule has 0 aliphatic rings. The average molecular weight is 185 g/mol. The van der Waals surface area contributed by atoms with E-state index in [-0.39, 0.29) is 5.54 Å². The lowest BCUT2D eigenvalue weighted by Gasteiger charge is -2.33. The monoisotopic (exact) mass is 185 g/mol. The summed E-state index contributed by atoms with van der Waals surface area (Å²) in [5.41, 5.74) is 0.128. The molecule has 0 radical (unpaired) electrons. The summed E-state index contributed by atoms with van der Waals surface area (Å²) in [5, 5.41) is 8.38. The molecule has 0 unspecified atom stereocenters. The largest absolute Gasteiger partial charge is 0.478 e. The second-order valence-corrected chi connectivity index (χ2v) is 3.79. The summed E-state index contributed by atoms with van der Waals surface area (Å²) in [6.45, 7) is 7.08. The fraction of sp³-hybridized carbons (Fsp3) is 0.700. The fourth-order valence-corrected chi connectivity index (χ4v) is 0.829. The summed E-state index contributed by atoms with van der Waals surface area (Å²) in [6.07, 6.45) is 3.90. The number of aliphatic carboxylic acids is 1. The lowest BCUT2D eigenvalue weighted by atomic mass is 10.0. The maximum atomic E-state index is 10.2. The summed E-state index contributed by atoms with van der Waals surface area (Å²) in [7, 11) is 2.00. The molecule has 0 saturated carbocycles. The van der Waals surface area contributed by atoms with Crippen molar-refractivity contribution >= 4 is 5.97 Å². The molecule has 0 aromatic rings. The number of hydrogen-bond acceptors (Lipinski definition) is 2. The summed E-state index contributed by atoms with van der Waals surface area (Å²) in [6, 6.07) is 0. The molecular formula is C10H19NO2. The third-order valence-electron chi connectivity index (χ3n) is 2.54. The molecule has 0 aliphatic heterocycles. The van der Waals surface area contributed by atoms with Crippen molar-refractivity contribution < 1.29 is 9.90 Å². The van der Waals surface area contributed by atoms with E-state index < -0.39 is 5.97 Å². The van der Waals surface area contributed by atoms with Crippen molar-refractivity contribution in [3.8, 4) is 0 Å². The summed E-state index contributed by atoms with van der Waals surface area (Å²) in [5.74, 6) is -0.886. The Kier molecular flexibility index (Phi) is 4.70. The van der Waals surface area contributed by atoms with Gasteiger partial charge in [-0.15, -0.1) is 0 Å². The molecule has 0 aromatic heterocycles. The van der Waals surface area contributed by atoms with E-state index in [1.807, 2.05) is 7.05 Å². The van der Waals surface area contributed by atoms with E-state index in [0.717, 1.165) is 6.42 Å². The van der Waals surface area contributed by atoms with Gasteiger partial charge in [-0.25, -0.2) is 4.79 Å². The highest BCUT2D eigenvalue weighted by Gasteiger charge is 2.19. The molecular weight excluding hydrogens is 166 g/mol. The van der Waals surface area contributed by atoms with Crippen LogP contribution in [0.25, 0.3) is 0 Å². The van der Waals surface area contributed by atoms with Gasteiger partial charge in [0.1, 0.15) is 0 Å². The van der Waals surface area contributed by atoms with Crippen LogP contribution in [0.3, 0.4) is 0 Å². The van der Waals surface area contributed by atoms with Crippen molar-refractivity contribution in [3.05, 3.63) is 12.2 Å². The molecule has 1 N–H and O–H groups in total. The van der Waals surface area contributed by atoms with E-state index in [9.17, 15) is 4.79 Å². The minimum absolute atomic E-state index is 0.128. The van der Waals surface area contributed by atoms with Crippen molar-refractivity contribution in [1.82, 2.24) is 4.90 Å². The first-order valence-electron chi connectivity index (χ1n) is 4.51. The molecule has 0 aliphatic carbocycles. The van der Waals surface area contributed by atoms with Crippen LogP contribution in [0.1, 0.15) is 27.2 Å². The predicted molar refractivity (Wildman–Crippen MR) is 53.8 cm³/mol. The Balaban J connectivity index is 4.01. The van der Waals surface area contributed by atoms with Crippen molar-refractivity contribution in [1.29, 1.82) is 0 Å². The normalized spacial score (nSPS) is 12.7. The van der Waals surface area contributed by atoms with Crippen LogP contribution in [0.15, 0.2) is 12.2 Å². The van der Waals surface area contributed by atoms with Gasteiger partial charge in [0.05, 0.1) is 0 Å². The van der Waals surface area contributed by atoms with Crippen molar-refractivity contribution in [3.63, 3.8) is 0 Å². The second-order valence-electron chi connectivity index (χ2n) is 3.79. The Morgan fingerprint density at radius 1 is 1.54 bits per heavy atom. The SMILES string of the molecule is CCC(C)(C)N(C)C/C=C/C(=O)O. The molecule has 0 spiro atoms. The summed E-state index contributed by atoms with van der Waals surface area (Å²) < 4.78 is 0. The fourth-order valence-electron chi connectivity index (χ4n) is 0.829. The molecule has 0 amide bonds. The van der Waals surface area contributed by atoms with Gasteiger partial charge in [-0.2, -0.15) is 0 Å². The molecule has 76 valence electrons. The van der Waals surface area contributed by atoms with Gasteiger partial charge in [-0.3, -0.25) is 4.90 Å².